The number of aliphatic hydroxyl groups is 1. The van der Waals surface area contributed by atoms with Gasteiger partial charge in [0.2, 0.25) is 0 Å². The van der Waals surface area contributed by atoms with Crippen molar-refractivity contribution in [3.8, 4) is 0 Å². The van der Waals surface area contributed by atoms with Crippen LogP contribution in [0, 0.1) is 5.92 Å². The molecule has 2 nitrogen and oxygen atoms in total. The Kier molecular flexibility index (Phi) is 4.90. The molecular weight excluding hydrogens is 174 g/mol. The molecule has 0 saturated heterocycles. The summed E-state index contributed by atoms with van der Waals surface area (Å²) in [5.74, 6) is 0.847. The first kappa shape index (κ1) is 12.0. The lowest BCUT2D eigenvalue weighted by atomic mass is 10.00. The molecule has 1 aliphatic rings. The first-order valence-corrected chi connectivity index (χ1v) is 6.01. The molecule has 1 aliphatic carbocycles. The van der Waals surface area contributed by atoms with E-state index in [1.165, 1.54) is 38.5 Å². The maximum Gasteiger partial charge on any atom is 0.0715 e. The molecule has 84 valence electrons. The number of nitrogens with one attached hydrogen (secondary N) is 1. The van der Waals surface area contributed by atoms with Crippen molar-refractivity contribution in [3.63, 3.8) is 0 Å². The second-order valence-electron chi connectivity index (χ2n) is 5.30. The van der Waals surface area contributed by atoms with Gasteiger partial charge in [-0.1, -0.05) is 25.7 Å². The summed E-state index contributed by atoms with van der Waals surface area (Å²) in [6.45, 7) is 5.51. The molecule has 0 aromatic heterocycles. The second kappa shape index (κ2) is 5.72. The molecule has 0 atom stereocenters. The maximum absolute atomic E-state index is 9.54. The highest BCUT2D eigenvalue weighted by Gasteiger charge is 2.15. The fraction of sp³-hybridized carbons (Fsp3) is 1.00. The van der Waals surface area contributed by atoms with Crippen molar-refractivity contribution in [3.05, 3.63) is 0 Å². The lowest BCUT2D eigenvalue weighted by Crippen LogP contribution is -2.37. The van der Waals surface area contributed by atoms with Crippen molar-refractivity contribution in [1.82, 2.24) is 5.32 Å². The molecule has 14 heavy (non-hydrogen) atoms. The molecule has 0 heterocycles. The van der Waals surface area contributed by atoms with E-state index in [1.54, 1.807) is 0 Å². The minimum absolute atomic E-state index is 0.565. The maximum atomic E-state index is 9.54. The van der Waals surface area contributed by atoms with Crippen molar-refractivity contribution in [2.75, 3.05) is 13.1 Å². The molecular formula is C12H25NO. The van der Waals surface area contributed by atoms with E-state index in [0.29, 0.717) is 6.54 Å². The topological polar surface area (TPSA) is 32.3 Å². The van der Waals surface area contributed by atoms with E-state index >= 15 is 0 Å². The highest BCUT2D eigenvalue weighted by Crippen LogP contribution is 2.22. The summed E-state index contributed by atoms with van der Waals surface area (Å²) in [6, 6.07) is 0. The molecule has 2 N–H and O–H groups in total. The van der Waals surface area contributed by atoms with Crippen LogP contribution in [0.15, 0.2) is 0 Å². The van der Waals surface area contributed by atoms with Crippen molar-refractivity contribution >= 4 is 0 Å². The number of hydrogen-bond donors (Lipinski definition) is 2. The van der Waals surface area contributed by atoms with Crippen molar-refractivity contribution < 1.29 is 5.11 Å². The van der Waals surface area contributed by atoms with Crippen LogP contribution in [-0.2, 0) is 0 Å². The quantitative estimate of drug-likeness (QED) is 0.681. The van der Waals surface area contributed by atoms with Gasteiger partial charge in [-0.25, -0.2) is 0 Å². The normalized spacial score (nSPS) is 20.8. The van der Waals surface area contributed by atoms with Gasteiger partial charge >= 0.3 is 0 Å². The van der Waals surface area contributed by atoms with Crippen LogP contribution < -0.4 is 5.32 Å². The van der Waals surface area contributed by atoms with Crippen LogP contribution in [0.3, 0.4) is 0 Å². The Morgan fingerprint density at radius 1 is 1.14 bits per heavy atom. The van der Waals surface area contributed by atoms with E-state index in [9.17, 15) is 5.11 Å². The van der Waals surface area contributed by atoms with Gasteiger partial charge in [0.05, 0.1) is 5.60 Å². The van der Waals surface area contributed by atoms with E-state index in [0.717, 1.165) is 12.5 Å². The van der Waals surface area contributed by atoms with Gasteiger partial charge in [0.25, 0.3) is 0 Å². The zero-order valence-electron chi connectivity index (χ0n) is 9.68. The fourth-order valence-corrected chi connectivity index (χ4v) is 2.15. The lowest BCUT2D eigenvalue weighted by molar-refractivity contribution is 0.0785. The van der Waals surface area contributed by atoms with Crippen LogP contribution >= 0.6 is 0 Å². The minimum atomic E-state index is -0.565. The van der Waals surface area contributed by atoms with Gasteiger partial charge in [-0.05, 0) is 39.2 Å². The number of rotatable bonds is 4. The Hall–Kier alpha value is -0.0800. The molecule has 0 aromatic rings. The van der Waals surface area contributed by atoms with Crippen LogP contribution in [0.4, 0.5) is 0 Å². The molecule has 0 spiro atoms. The standard InChI is InChI=1S/C12H25NO/c1-12(2,14)10-13-9-11-7-5-3-4-6-8-11/h11,13-14H,3-10H2,1-2H3. The smallest absolute Gasteiger partial charge is 0.0715 e. The summed E-state index contributed by atoms with van der Waals surface area (Å²) in [6.07, 6.45) is 8.38. The highest BCUT2D eigenvalue weighted by atomic mass is 16.3. The van der Waals surface area contributed by atoms with E-state index in [2.05, 4.69) is 5.32 Å². The zero-order valence-corrected chi connectivity index (χ0v) is 9.68. The average Bonchev–Trinajstić information content (AvgIpc) is 2.30. The van der Waals surface area contributed by atoms with E-state index in [-0.39, 0.29) is 0 Å². The second-order valence-corrected chi connectivity index (χ2v) is 5.30. The molecule has 0 unspecified atom stereocenters. The highest BCUT2D eigenvalue weighted by molar-refractivity contribution is 4.72. The van der Waals surface area contributed by atoms with Crippen molar-refractivity contribution in [2.24, 2.45) is 5.92 Å². The summed E-state index contributed by atoms with van der Waals surface area (Å²) in [4.78, 5) is 0. The van der Waals surface area contributed by atoms with Crippen LogP contribution in [-0.4, -0.2) is 23.8 Å². The zero-order chi connectivity index (χ0) is 10.4. The van der Waals surface area contributed by atoms with Crippen molar-refractivity contribution in [2.45, 2.75) is 58.0 Å². The molecule has 0 radical (unpaired) electrons. The lowest BCUT2D eigenvalue weighted by Gasteiger charge is -2.20. The predicted molar refractivity (Wildman–Crippen MR) is 60.4 cm³/mol. The molecule has 1 rings (SSSR count). The summed E-state index contributed by atoms with van der Waals surface area (Å²) in [5.41, 5.74) is -0.565. The Bertz CT molecular complexity index is 143. The largest absolute Gasteiger partial charge is 0.389 e. The van der Waals surface area contributed by atoms with Gasteiger partial charge in [0, 0.05) is 6.54 Å². The first-order valence-electron chi connectivity index (χ1n) is 6.01. The van der Waals surface area contributed by atoms with E-state index < -0.39 is 5.60 Å². The van der Waals surface area contributed by atoms with Crippen molar-refractivity contribution in [1.29, 1.82) is 0 Å². The first-order chi connectivity index (χ1) is 6.58. The summed E-state index contributed by atoms with van der Waals surface area (Å²) >= 11 is 0. The van der Waals surface area contributed by atoms with Gasteiger partial charge in [-0.2, -0.15) is 0 Å². The molecule has 0 bridgehead atoms. The molecule has 0 aliphatic heterocycles. The summed E-state index contributed by atoms with van der Waals surface area (Å²) in [5, 5.41) is 12.9. The molecule has 1 fully saturated rings. The van der Waals surface area contributed by atoms with Gasteiger partial charge in [-0.15, -0.1) is 0 Å². The van der Waals surface area contributed by atoms with Crippen LogP contribution in [0.1, 0.15) is 52.4 Å². The van der Waals surface area contributed by atoms with Gasteiger partial charge < -0.3 is 10.4 Å². The van der Waals surface area contributed by atoms with Crippen LogP contribution in [0.25, 0.3) is 0 Å². The third-order valence-electron chi connectivity index (χ3n) is 2.97. The monoisotopic (exact) mass is 199 g/mol. The Balaban J connectivity index is 2.10. The molecule has 2 heteroatoms. The Morgan fingerprint density at radius 2 is 1.71 bits per heavy atom. The van der Waals surface area contributed by atoms with E-state index in [1.807, 2.05) is 13.8 Å². The summed E-state index contributed by atoms with van der Waals surface area (Å²) in [7, 11) is 0. The number of hydrogen-bond acceptors (Lipinski definition) is 2. The third kappa shape index (κ3) is 5.61. The Labute approximate surface area is 88.1 Å². The fourth-order valence-electron chi connectivity index (χ4n) is 2.15. The summed E-state index contributed by atoms with van der Waals surface area (Å²) < 4.78 is 0. The predicted octanol–water partition coefficient (Wildman–Crippen LogP) is 2.32. The van der Waals surface area contributed by atoms with Crippen LogP contribution in [0.2, 0.25) is 0 Å². The molecule has 0 amide bonds. The molecule has 0 aromatic carbocycles. The van der Waals surface area contributed by atoms with E-state index in [4.69, 9.17) is 0 Å². The van der Waals surface area contributed by atoms with Crippen LogP contribution in [0.5, 0.6) is 0 Å². The van der Waals surface area contributed by atoms with Gasteiger partial charge in [0.15, 0.2) is 0 Å². The third-order valence-corrected chi connectivity index (χ3v) is 2.97. The van der Waals surface area contributed by atoms with Gasteiger partial charge in [0.1, 0.15) is 0 Å². The SMILES string of the molecule is CC(C)(O)CNCC1CCCCCC1. The Morgan fingerprint density at radius 3 is 2.21 bits per heavy atom. The minimum Gasteiger partial charge on any atom is -0.389 e. The molecule has 1 saturated carbocycles. The van der Waals surface area contributed by atoms with Gasteiger partial charge in [-0.3, -0.25) is 0 Å². The average molecular weight is 199 g/mol.